The highest BCUT2D eigenvalue weighted by Crippen LogP contribution is 2.59. The molecule has 0 radical (unpaired) electrons. The van der Waals surface area contributed by atoms with Gasteiger partial charge in [-0.1, -0.05) is 91.1 Å². The number of hydrogen-bond acceptors (Lipinski definition) is 2. The number of hydrogen-bond donors (Lipinski definition) is 2. The first kappa shape index (κ1) is 20.9. The summed E-state index contributed by atoms with van der Waals surface area (Å²) in [6.45, 7) is 3.99. The molecule has 0 aromatic carbocycles. The van der Waals surface area contributed by atoms with Gasteiger partial charge in [-0.2, -0.15) is 0 Å². The van der Waals surface area contributed by atoms with Crippen LogP contribution in [-0.2, 0) is 4.79 Å². The molecule has 3 unspecified atom stereocenters. The minimum atomic E-state index is -1.62. The second kappa shape index (κ2) is 8.10. The van der Waals surface area contributed by atoms with E-state index < -0.39 is 9.96 Å². The number of halogens is 5. The van der Waals surface area contributed by atoms with E-state index in [1.807, 2.05) is 13.8 Å². The third-order valence-corrected chi connectivity index (χ3v) is 6.03. The molecule has 0 aromatic rings. The van der Waals surface area contributed by atoms with E-state index in [4.69, 9.17) is 58.0 Å². The lowest BCUT2D eigenvalue weighted by Gasteiger charge is -2.33. The average Bonchev–Trinajstić information content (AvgIpc) is 2.98. The fourth-order valence-corrected chi connectivity index (χ4v) is 4.20. The third kappa shape index (κ3) is 5.31. The van der Waals surface area contributed by atoms with Crippen molar-refractivity contribution in [2.75, 3.05) is 0 Å². The normalized spacial score (nSPS) is 28.1. The van der Waals surface area contributed by atoms with Gasteiger partial charge in [-0.05, 0) is 30.3 Å². The Morgan fingerprint density at radius 2 is 1.75 bits per heavy atom. The Hall–Kier alpha value is 0.620. The molecule has 0 aromatic heterocycles. The lowest BCUT2D eigenvalue weighted by Crippen LogP contribution is -2.57. The van der Waals surface area contributed by atoms with Crippen molar-refractivity contribution < 1.29 is 4.79 Å². The molecule has 2 N–H and O–H groups in total. The number of amides is 1. The van der Waals surface area contributed by atoms with Crippen LogP contribution in [0, 0.1) is 17.3 Å². The Morgan fingerprint density at radius 3 is 2.25 bits per heavy atom. The minimum Gasteiger partial charge on any atom is -0.336 e. The Balaban J connectivity index is 2.01. The largest absolute Gasteiger partial charge is 0.336 e. The Labute approximate surface area is 168 Å². The van der Waals surface area contributed by atoms with Gasteiger partial charge >= 0.3 is 0 Å². The third-order valence-electron chi connectivity index (χ3n) is 5.12. The molecule has 0 spiro atoms. The topological polar surface area (TPSA) is 41.1 Å². The molecule has 2 rings (SSSR count). The highest BCUT2D eigenvalue weighted by molar-refractivity contribution is 6.68. The van der Waals surface area contributed by atoms with Gasteiger partial charge in [0.2, 0.25) is 9.70 Å². The molecule has 2 aliphatic rings. The molecule has 2 aliphatic carbocycles. The summed E-state index contributed by atoms with van der Waals surface area (Å²) in [4.78, 5) is 12.7. The molecule has 0 saturated heterocycles. The maximum absolute atomic E-state index is 12.7. The summed E-state index contributed by atoms with van der Waals surface area (Å²) in [5.74, 6) is -0.420. The van der Waals surface area contributed by atoms with Crippen LogP contribution >= 0.6 is 58.0 Å². The maximum Gasteiger partial charge on any atom is 0.225 e. The van der Waals surface area contributed by atoms with E-state index in [0.29, 0.717) is 0 Å². The predicted molar refractivity (Wildman–Crippen MR) is 103 cm³/mol. The van der Waals surface area contributed by atoms with Crippen LogP contribution in [0.3, 0.4) is 0 Å². The van der Waals surface area contributed by atoms with E-state index in [2.05, 4.69) is 10.6 Å². The lowest BCUT2D eigenvalue weighted by atomic mass is 9.95. The van der Waals surface area contributed by atoms with Gasteiger partial charge in [0, 0.05) is 6.04 Å². The summed E-state index contributed by atoms with van der Waals surface area (Å²) in [6.07, 6.45) is 6.54. The molecule has 3 nitrogen and oxygen atoms in total. The van der Waals surface area contributed by atoms with Crippen LogP contribution in [-0.4, -0.2) is 21.9 Å². The predicted octanol–water partition coefficient (Wildman–Crippen LogP) is 5.31. The van der Waals surface area contributed by atoms with Crippen LogP contribution in [0.4, 0.5) is 0 Å². The molecule has 3 atom stereocenters. The number of alkyl halides is 3. The van der Waals surface area contributed by atoms with Gasteiger partial charge in [-0.25, -0.2) is 0 Å². The number of nitrogens with one attached hydrogen (secondary N) is 2. The van der Waals surface area contributed by atoms with Gasteiger partial charge in [0.25, 0.3) is 0 Å². The fourth-order valence-electron chi connectivity index (χ4n) is 3.58. The summed E-state index contributed by atoms with van der Waals surface area (Å²) >= 11 is 29.7. The van der Waals surface area contributed by atoms with E-state index in [1.54, 1.807) is 6.08 Å². The summed E-state index contributed by atoms with van der Waals surface area (Å²) in [7, 11) is 0. The number of rotatable bonds is 5. The molecule has 1 amide bonds. The second-order valence-electron chi connectivity index (χ2n) is 7.27. The van der Waals surface area contributed by atoms with Gasteiger partial charge in [0.05, 0.1) is 5.92 Å². The van der Waals surface area contributed by atoms with Crippen molar-refractivity contribution in [1.29, 1.82) is 0 Å². The number of carbonyl (C=O) groups excluding carboxylic acids is 1. The first-order valence-electron chi connectivity index (χ1n) is 8.19. The molecule has 8 heteroatoms. The molecule has 0 aliphatic heterocycles. The van der Waals surface area contributed by atoms with Crippen molar-refractivity contribution in [1.82, 2.24) is 10.6 Å². The molecule has 24 heavy (non-hydrogen) atoms. The van der Waals surface area contributed by atoms with Crippen molar-refractivity contribution in [3.8, 4) is 0 Å². The zero-order chi connectivity index (χ0) is 18.1. The van der Waals surface area contributed by atoms with Gasteiger partial charge in [0.15, 0.2) is 0 Å². The minimum absolute atomic E-state index is 0.0202. The van der Waals surface area contributed by atoms with Crippen LogP contribution in [0.15, 0.2) is 10.6 Å². The lowest BCUT2D eigenvalue weighted by molar-refractivity contribution is -0.124. The first-order chi connectivity index (χ1) is 11.0. The van der Waals surface area contributed by atoms with Crippen molar-refractivity contribution in [3.63, 3.8) is 0 Å². The van der Waals surface area contributed by atoms with Gasteiger partial charge < -0.3 is 5.32 Å². The van der Waals surface area contributed by atoms with Gasteiger partial charge in [-0.15, -0.1) is 0 Å². The van der Waals surface area contributed by atoms with E-state index >= 15 is 0 Å². The molecule has 0 heterocycles. The second-order valence-corrected chi connectivity index (χ2v) is 10.6. The summed E-state index contributed by atoms with van der Waals surface area (Å²) in [5.41, 5.74) is -0.220. The molecular weight excluding hydrogens is 413 g/mol. The number of allylic oxidation sites excluding steroid dienone is 1. The zero-order valence-corrected chi connectivity index (χ0v) is 17.5. The zero-order valence-electron chi connectivity index (χ0n) is 13.7. The van der Waals surface area contributed by atoms with E-state index in [9.17, 15) is 4.79 Å². The summed E-state index contributed by atoms with van der Waals surface area (Å²) in [5, 5.41) is 6.16. The van der Waals surface area contributed by atoms with Gasteiger partial charge in [0.1, 0.15) is 10.7 Å². The number of carbonyl (C=O) groups is 1. The van der Waals surface area contributed by atoms with Crippen molar-refractivity contribution in [2.45, 2.75) is 62.0 Å². The summed E-state index contributed by atoms with van der Waals surface area (Å²) < 4.78 is -1.46. The molecular formula is C16H23Cl5N2O. The monoisotopic (exact) mass is 434 g/mol. The fraction of sp³-hybridized carbons (Fsp3) is 0.812. The van der Waals surface area contributed by atoms with Crippen LogP contribution in [0.5, 0.6) is 0 Å². The standard InChI is InChI=1S/C16H23Cl5N2O/c1-15(2)10(8-11(17)18)12(15)13(24)23-14(16(19,20)21)22-9-6-4-3-5-7-9/h8-10,12,14,22H,3-7H2,1-2H3,(H,23,24). The average molecular weight is 437 g/mol. The molecule has 2 fully saturated rings. The van der Waals surface area contributed by atoms with E-state index in [0.717, 1.165) is 25.7 Å². The Bertz CT molecular complexity index is 493. The van der Waals surface area contributed by atoms with Crippen LogP contribution < -0.4 is 10.6 Å². The van der Waals surface area contributed by atoms with Crippen molar-refractivity contribution in [2.24, 2.45) is 17.3 Å². The van der Waals surface area contributed by atoms with Crippen molar-refractivity contribution >= 4 is 63.9 Å². The Morgan fingerprint density at radius 1 is 1.17 bits per heavy atom. The van der Waals surface area contributed by atoms with Crippen molar-refractivity contribution in [3.05, 3.63) is 10.6 Å². The highest BCUT2D eigenvalue weighted by Gasteiger charge is 2.61. The SMILES string of the molecule is CC1(C)C(C=C(Cl)Cl)C1C(=O)NC(NC1CCCCC1)C(Cl)(Cl)Cl. The summed E-state index contributed by atoms with van der Waals surface area (Å²) in [6, 6.07) is 0.250. The highest BCUT2D eigenvalue weighted by atomic mass is 35.6. The Kier molecular flexibility index (Phi) is 7.07. The van der Waals surface area contributed by atoms with Gasteiger partial charge in [-0.3, -0.25) is 10.1 Å². The van der Waals surface area contributed by atoms with Crippen LogP contribution in [0.2, 0.25) is 0 Å². The maximum atomic E-state index is 12.7. The van der Waals surface area contributed by atoms with Crippen LogP contribution in [0.1, 0.15) is 46.0 Å². The van der Waals surface area contributed by atoms with E-state index in [1.165, 1.54) is 6.42 Å². The van der Waals surface area contributed by atoms with E-state index in [-0.39, 0.29) is 33.7 Å². The first-order valence-corrected chi connectivity index (χ1v) is 10.1. The molecule has 2 saturated carbocycles. The molecule has 138 valence electrons. The smallest absolute Gasteiger partial charge is 0.225 e. The van der Waals surface area contributed by atoms with Crippen LogP contribution in [0.25, 0.3) is 0 Å². The quantitative estimate of drug-likeness (QED) is 0.453. The molecule has 0 bridgehead atoms.